The van der Waals surface area contributed by atoms with Crippen molar-refractivity contribution in [2.45, 2.75) is 46.0 Å². The molecule has 0 amide bonds. The molecular formula is C14H27NO2. The second-order valence-corrected chi connectivity index (χ2v) is 4.70. The highest BCUT2D eigenvalue weighted by Crippen LogP contribution is 2.06. The Hall–Kier alpha value is -0.830. The number of nitrogens with zero attached hydrogens (tertiary/aromatic N) is 1. The van der Waals surface area contributed by atoms with Crippen molar-refractivity contribution >= 4 is 5.97 Å². The third-order valence-electron chi connectivity index (χ3n) is 2.92. The van der Waals surface area contributed by atoms with E-state index in [4.69, 9.17) is 5.11 Å². The van der Waals surface area contributed by atoms with Gasteiger partial charge in [0.1, 0.15) is 0 Å². The van der Waals surface area contributed by atoms with Crippen molar-refractivity contribution in [3.8, 4) is 0 Å². The van der Waals surface area contributed by atoms with Gasteiger partial charge in [-0.2, -0.15) is 0 Å². The molecule has 0 aliphatic heterocycles. The summed E-state index contributed by atoms with van der Waals surface area (Å²) in [6.07, 6.45) is 8.08. The first-order valence-corrected chi connectivity index (χ1v) is 6.67. The van der Waals surface area contributed by atoms with Crippen molar-refractivity contribution in [1.82, 2.24) is 4.90 Å². The Bertz CT molecular complexity index is 216. The Balaban J connectivity index is 3.81. The Morgan fingerprint density at radius 1 is 1.35 bits per heavy atom. The van der Waals surface area contributed by atoms with Gasteiger partial charge in [-0.05, 0) is 13.0 Å². The van der Waals surface area contributed by atoms with Crippen molar-refractivity contribution < 1.29 is 9.90 Å². The van der Waals surface area contributed by atoms with E-state index >= 15 is 0 Å². The quantitative estimate of drug-likeness (QED) is 0.446. The molecule has 100 valence electrons. The van der Waals surface area contributed by atoms with Gasteiger partial charge in [0.25, 0.3) is 0 Å². The molecule has 1 atom stereocenters. The third kappa shape index (κ3) is 8.93. The molecule has 0 radical (unpaired) electrons. The minimum Gasteiger partial charge on any atom is -0.481 e. The summed E-state index contributed by atoms with van der Waals surface area (Å²) in [7, 11) is 0. The predicted molar refractivity (Wildman–Crippen MR) is 72.2 cm³/mol. The monoisotopic (exact) mass is 241 g/mol. The van der Waals surface area contributed by atoms with Crippen LogP contribution >= 0.6 is 0 Å². The summed E-state index contributed by atoms with van der Waals surface area (Å²) >= 11 is 0. The Morgan fingerprint density at radius 3 is 2.53 bits per heavy atom. The van der Waals surface area contributed by atoms with E-state index in [0.29, 0.717) is 6.54 Å². The van der Waals surface area contributed by atoms with E-state index in [1.165, 1.54) is 25.7 Å². The first-order valence-electron chi connectivity index (χ1n) is 6.67. The van der Waals surface area contributed by atoms with Gasteiger partial charge in [0, 0.05) is 13.1 Å². The molecule has 1 unspecified atom stereocenters. The molecule has 3 heteroatoms. The summed E-state index contributed by atoms with van der Waals surface area (Å²) in [5.74, 6) is -1.02. The van der Waals surface area contributed by atoms with Gasteiger partial charge in [-0.25, -0.2) is 0 Å². The molecule has 0 saturated carbocycles. The average molecular weight is 241 g/mol. The first kappa shape index (κ1) is 16.2. The molecule has 0 aromatic carbocycles. The average Bonchev–Trinajstić information content (AvgIpc) is 2.28. The van der Waals surface area contributed by atoms with Gasteiger partial charge in [0.15, 0.2) is 0 Å². The van der Waals surface area contributed by atoms with Crippen LogP contribution in [0.5, 0.6) is 0 Å². The van der Waals surface area contributed by atoms with E-state index in [2.05, 4.69) is 18.4 Å². The largest absolute Gasteiger partial charge is 0.481 e. The van der Waals surface area contributed by atoms with E-state index < -0.39 is 5.97 Å². The minimum absolute atomic E-state index is 0.300. The van der Waals surface area contributed by atoms with E-state index in [0.717, 1.165) is 19.5 Å². The zero-order chi connectivity index (χ0) is 13.1. The fourth-order valence-electron chi connectivity index (χ4n) is 1.84. The second-order valence-electron chi connectivity index (χ2n) is 4.70. The van der Waals surface area contributed by atoms with Gasteiger partial charge in [0.2, 0.25) is 0 Å². The Labute approximate surface area is 106 Å². The SMILES string of the molecule is C=CCN(CCCCCCC)CC(C)C(=O)O. The zero-order valence-electron chi connectivity index (χ0n) is 11.3. The number of rotatable bonds is 11. The van der Waals surface area contributed by atoms with E-state index in [1.807, 2.05) is 6.08 Å². The van der Waals surface area contributed by atoms with Gasteiger partial charge < -0.3 is 5.11 Å². The standard InChI is InChI=1S/C14H27NO2/c1-4-6-7-8-9-11-15(10-5-2)12-13(3)14(16)17/h5,13H,2,4,6-12H2,1,3H3,(H,16,17). The van der Waals surface area contributed by atoms with Crippen LogP contribution in [0.2, 0.25) is 0 Å². The van der Waals surface area contributed by atoms with Crippen LogP contribution in [-0.2, 0) is 4.79 Å². The fraction of sp³-hybridized carbons (Fsp3) is 0.786. The maximum atomic E-state index is 10.8. The van der Waals surface area contributed by atoms with Crippen molar-refractivity contribution in [3.05, 3.63) is 12.7 Å². The van der Waals surface area contributed by atoms with Crippen LogP contribution in [0.1, 0.15) is 46.0 Å². The Morgan fingerprint density at radius 2 is 2.00 bits per heavy atom. The molecule has 0 rings (SSSR count). The lowest BCUT2D eigenvalue weighted by molar-refractivity contribution is -0.141. The lowest BCUT2D eigenvalue weighted by Gasteiger charge is -2.22. The smallest absolute Gasteiger partial charge is 0.307 e. The molecule has 0 aromatic heterocycles. The normalized spacial score (nSPS) is 12.6. The van der Waals surface area contributed by atoms with Crippen molar-refractivity contribution in [2.75, 3.05) is 19.6 Å². The number of carboxylic acids is 1. The predicted octanol–water partition coefficient (Wildman–Crippen LogP) is 3.17. The number of carbonyl (C=O) groups is 1. The van der Waals surface area contributed by atoms with Crippen LogP contribution < -0.4 is 0 Å². The van der Waals surface area contributed by atoms with Crippen molar-refractivity contribution in [3.63, 3.8) is 0 Å². The van der Waals surface area contributed by atoms with Crippen LogP contribution in [0, 0.1) is 5.92 Å². The topological polar surface area (TPSA) is 40.5 Å². The second kappa shape index (κ2) is 10.3. The fourth-order valence-corrected chi connectivity index (χ4v) is 1.84. The Kier molecular flexibility index (Phi) is 9.83. The van der Waals surface area contributed by atoms with Crippen LogP contribution in [0.3, 0.4) is 0 Å². The summed E-state index contributed by atoms with van der Waals surface area (Å²) in [5, 5.41) is 8.89. The highest BCUT2D eigenvalue weighted by molar-refractivity contribution is 5.69. The lowest BCUT2D eigenvalue weighted by Crippen LogP contribution is -2.32. The number of hydrogen-bond acceptors (Lipinski definition) is 2. The number of carboxylic acid groups (broad SMARTS) is 1. The van der Waals surface area contributed by atoms with E-state index in [9.17, 15) is 4.79 Å². The molecule has 3 nitrogen and oxygen atoms in total. The number of hydrogen-bond donors (Lipinski definition) is 1. The molecule has 0 aromatic rings. The van der Waals surface area contributed by atoms with Crippen molar-refractivity contribution in [2.24, 2.45) is 5.92 Å². The molecule has 1 N–H and O–H groups in total. The number of aliphatic carboxylic acids is 1. The number of unbranched alkanes of at least 4 members (excludes halogenated alkanes) is 4. The summed E-state index contributed by atoms with van der Waals surface area (Å²) < 4.78 is 0. The minimum atomic E-state index is -0.718. The molecule has 0 saturated heterocycles. The lowest BCUT2D eigenvalue weighted by atomic mass is 10.1. The molecule has 0 aliphatic carbocycles. The van der Waals surface area contributed by atoms with Crippen LogP contribution in [0.15, 0.2) is 12.7 Å². The molecule has 0 heterocycles. The third-order valence-corrected chi connectivity index (χ3v) is 2.92. The van der Waals surface area contributed by atoms with Crippen LogP contribution in [0.25, 0.3) is 0 Å². The molecule has 17 heavy (non-hydrogen) atoms. The van der Waals surface area contributed by atoms with Gasteiger partial charge >= 0.3 is 5.97 Å². The van der Waals surface area contributed by atoms with Crippen molar-refractivity contribution in [1.29, 1.82) is 0 Å². The summed E-state index contributed by atoms with van der Waals surface area (Å²) in [5.41, 5.74) is 0. The molecular weight excluding hydrogens is 214 g/mol. The molecule has 0 aliphatic rings. The molecule has 0 fully saturated rings. The first-order chi connectivity index (χ1) is 8.11. The maximum Gasteiger partial charge on any atom is 0.307 e. The zero-order valence-corrected chi connectivity index (χ0v) is 11.3. The summed E-state index contributed by atoms with van der Waals surface area (Å²) in [6, 6.07) is 0. The highest BCUT2D eigenvalue weighted by atomic mass is 16.4. The molecule has 0 spiro atoms. The highest BCUT2D eigenvalue weighted by Gasteiger charge is 2.14. The van der Waals surface area contributed by atoms with Crippen LogP contribution in [-0.4, -0.2) is 35.6 Å². The van der Waals surface area contributed by atoms with Gasteiger partial charge in [-0.15, -0.1) is 6.58 Å². The van der Waals surface area contributed by atoms with E-state index in [-0.39, 0.29) is 5.92 Å². The maximum absolute atomic E-state index is 10.8. The summed E-state index contributed by atoms with van der Waals surface area (Å²) in [4.78, 5) is 13.0. The van der Waals surface area contributed by atoms with Gasteiger partial charge in [-0.1, -0.05) is 45.6 Å². The van der Waals surface area contributed by atoms with Gasteiger partial charge in [-0.3, -0.25) is 9.69 Å². The van der Waals surface area contributed by atoms with Gasteiger partial charge in [0.05, 0.1) is 5.92 Å². The van der Waals surface area contributed by atoms with Crippen LogP contribution in [0.4, 0.5) is 0 Å². The molecule has 0 bridgehead atoms. The van der Waals surface area contributed by atoms with E-state index in [1.54, 1.807) is 6.92 Å². The summed E-state index contributed by atoms with van der Waals surface area (Å²) in [6.45, 7) is 10.1.